The maximum atomic E-state index is 12.5. The number of aryl methyl sites for hydroxylation is 3. The zero-order valence-corrected chi connectivity index (χ0v) is 13.7. The van der Waals surface area contributed by atoms with Crippen LogP contribution in [0.4, 0.5) is 5.69 Å². The van der Waals surface area contributed by atoms with Crippen LogP contribution in [0.15, 0.2) is 21.3 Å². The van der Waals surface area contributed by atoms with Crippen molar-refractivity contribution in [2.75, 3.05) is 5.32 Å². The highest BCUT2D eigenvalue weighted by atomic mass is 16.4. The van der Waals surface area contributed by atoms with Crippen molar-refractivity contribution in [1.29, 1.82) is 0 Å². The van der Waals surface area contributed by atoms with Crippen LogP contribution in [0.2, 0.25) is 0 Å². The van der Waals surface area contributed by atoms with Crippen molar-refractivity contribution in [3.63, 3.8) is 0 Å². The molecule has 0 aliphatic heterocycles. The quantitative estimate of drug-likeness (QED) is 0.909. The summed E-state index contributed by atoms with van der Waals surface area (Å²) >= 11 is 0. The Bertz CT molecular complexity index is 759. The normalized spacial score (nSPS) is 10.9. The summed E-state index contributed by atoms with van der Waals surface area (Å²) in [5.41, 5.74) is 2.30. The van der Waals surface area contributed by atoms with E-state index < -0.39 is 0 Å². The second-order valence-corrected chi connectivity index (χ2v) is 5.65. The van der Waals surface area contributed by atoms with E-state index in [2.05, 4.69) is 19.2 Å². The molecule has 1 heterocycles. The molecule has 0 bridgehead atoms. The highest BCUT2D eigenvalue weighted by Crippen LogP contribution is 2.30. The molecule has 1 amide bonds. The molecule has 1 N–H and O–H groups in total. The average molecular weight is 301 g/mol. The Hall–Kier alpha value is -2.10. The molecule has 22 heavy (non-hydrogen) atoms. The van der Waals surface area contributed by atoms with E-state index in [1.807, 2.05) is 13.0 Å². The SMILES string of the molecule is CCCc1oc(=O)c2c(NC(C)=O)ccc(C)c2c1CCC. The molecule has 0 aliphatic carbocycles. The molecule has 0 saturated carbocycles. The summed E-state index contributed by atoms with van der Waals surface area (Å²) in [4.78, 5) is 23.9. The van der Waals surface area contributed by atoms with Crippen molar-refractivity contribution in [3.8, 4) is 0 Å². The minimum Gasteiger partial charge on any atom is -0.427 e. The molecule has 1 aromatic carbocycles. The number of benzene rings is 1. The van der Waals surface area contributed by atoms with Gasteiger partial charge in [-0.15, -0.1) is 0 Å². The van der Waals surface area contributed by atoms with E-state index in [9.17, 15) is 9.59 Å². The number of rotatable bonds is 5. The lowest BCUT2D eigenvalue weighted by atomic mass is 9.95. The molecule has 0 radical (unpaired) electrons. The van der Waals surface area contributed by atoms with Gasteiger partial charge in [-0.2, -0.15) is 0 Å². The Kier molecular flexibility index (Phi) is 5.01. The molecule has 0 atom stereocenters. The van der Waals surface area contributed by atoms with Crippen molar-refractivity contribution in [2.45, 2.75) is 53.4 Å². The van der Waals surface area contributed by atoms with Crippen LogP contribution in [0.25, 0.3) is 10.8 Å². The number of amides is 1. The Labute approximate surface area is 130 Å². The highest BCUT2D eigenvalue weighted by Gasteiger charge is 2.17. The molecule has 2 rings (SSSR count). The van der Waals surface area contributed by atoms with Gasteiger partial charge < -0.3 is 9.73 Å². The lowest BCUT2D eigenvalue weighted by Gasteiger charge is -2.15. The molecule has 0 saturated heterocycles. The third-order valence-electron chi connectivity index (χ3n) is 3.76. The van der Waals surface area contributed by atoms with Gasteiger partial charge in [-0.1, -0.05) is 26.3 Å². The Balaban J connectivity index is 2.86. The molecule has 4 heteroatoms. The number of anilines is 1. The molecular weight excluding hydrogens is 278 g/mol. The van der Waals surface area contributed by atoms with E-state index in [0.717, 1.165) is 48.0 Å². The largest absolute Gasteiger partial charge is 0.427 e. The zero-order valence-electron chi connectivity index (χ0n) is 13.7. The smallest absolute Gasteiger partial charge is 0.345 e. The fourth-order valence-corrected chi connectivity index (χ4v) is 2.91. The van der Waals surface area contributed by atoms with Gasteiger partial charge in [0, 0.05) is 18.7 Å². The summed E-state index contributed by atoms with van der Waals surface area (Å²) in [5.74, 6) is 0.587. The number of hydrogen-bond acceptors (Lipinski definition) is 3. The molecule has 0 unspecified atom stereocenters. The average Bonchev–Trinajstić information content (AvgIpc) is 2.45. The number of carbonyl (C=O) groups is 1. The van der Waals surface area contributed by atoms with E-state index in [1.165, 1.54) is 6.92 Å². The number of hydrogen-bond donors (Lipinski definition) is 1. The van der Waals surface area contributed by atoms with Gasteiger partial charge in [0.15, 0.2) is 0 Å². The van der Waals surface area contributed by atoms with Gasteiger partial charge in [-0.25, -0.2) is 4.79 Å². The van der Waals surface area contributed by atoms with Gasteiger partial charge in [0.2, 0.25) is 5.91 Å². The van der Waals surface area contributed by atoms with Crippen LogP contribution in [-0.4, -0.2) is 5.91 Å². The van der Waals surface area contributed by atoms with Crippen LogP contribution in [-0.2, 0) is 17.6 Å². The summed E-state index contributed by atoms with van der Waals surface area (Å²) in [7, 11) is 0. The van der Waals surface area contributed by atoms with Gasteiger partial charge in [-0.3, -0.25) is 4.79 Å². The third kappa shape index (κ3) is 3.06. The topological polar surface area (TPSA) is 59.3 Å². The number of carbonyl (C=O) groups excluding carboxylic acids is 1. The van der Waals surface area contributed by atoms with Gasteiger partial charge >= 0.3 is 5.63 Å². The molecule has 0 spiro atoms. The van der Waals surface area contributed by atoms with Crippen LogP contribution in [0.3, 0.4) is 0 Å². The summed E-state index contributed by atoms with van der Waals surface area (Å²) < 4.78 is 5.59. The van der Waals surface area contributed by atoms with E-state index in [4.69, 9.17) is 4.42 Å². The van der Waals surface area contributed by atoms with Crippen LogP contribution in [0, 0.1) is 6.92 Å². The van der Waals surface area contributed by atoms with Crippen molar-refractivity contribution >= 4 is 22.4 Å². The summed E-state index contributed by atoms with van der Waals surface area (Å²) in [6, 6.07) is 3.72. The molecule has 2 aromatic rings. The van der Waals surface area contributed by atoms with Crippen LogP contribution < -0.4 is 10.9 Å². The predicted molar refractivity (Wildman–Crippen MR) is 89.5 cm³/mol. The van der Waals surface area contributed by atoms with Gasteiger partial charge in [-0.05, 0) is 37.0 Å². The molecule has 0 aliphatic rings. The van der Waals surface area contributed by atoms with E-state index in [1.54, 1.807) is 6.07 Å². The van der Waals surface area contributed by atoms with Crippen LogP contribution in [0.5, 0.6) is 0 Å². The molecule has 0 fully saturated rings. The third-order valence-corrected chi connectivity index (χ3v) is 3.76. The maximum absolute atomic E-state index is 12.5. The maximum Gasteiger partial charge on any atom is 0.345 e. The second-order valence-electron chi connectivity index (χ2n) is 5.65. The predicted octanol–water partition coefficient (Wildman–Crippen LogP) is 3.96. The van der Waals surface area contributed by atoms with Gasteiger partial charge in [0.25, 0.3) is 0 Å². The van der Waals surface area contributed by atoms with Crippen molar-refractivity contribution in [3.05, 3.63) is 39.4 Å². The first-order chi connectivity index (χ1) is 10.5. The monoisotopic (exact) mass is 301 g/mol. The fraction of sp³-hybridized carbons (Fsp3) is 0.444. The van der Waals surface area contributed by atoms with Crippen molar-refractivity contribution in [2.24, 2.45) is 0 Å². The van der Waals surface area contributed by atoms with Crippen molar-refractivity contribution < 1.29 is 9.21 Å². The second kappa shape index (κ2) is 6.77. The van der Waals surface area contributed by atoms with Gasteiger partial charge in [0.05, 0.1) is 11.1 Å². The summed E-state index contributed by atoms with van der Waals surface area (Å²) in [5, 5.41) is 4.16. The minimum absolute atomic E-state index is 0.195. The fourth-order valence-electron chi connectivity index (χ4n) is 2.91. The first-order valence-electron chi connectivity index (χ1n) is 7.85. The first kappa shape index (κ1) is 16.3. The zero-order chi connectivity index (χ0) is 16.3. The molecule has 1 aromatic heterocycles. The van der Waals surface area contributed by atoms with Crippen LogP contribution >= 0.6 is 0 Å². The van der Waals surface area contributed by atoms with E-state index in [0.29, 0.717) is 11.1 Å². The lowest BCUT2D eigenvalue weighted by Crippen LogP contribution is -2.13. The summed E-state index contributed by atoms with van der Waals surface area (Å²) in [6.07, 6.45) is 3.52. The lowest BCUT2D eigenvalue weighted by molar-refractivity contribution is -0.114. The Morgan fingerprint density at radius 1 is 1.14 bits per heavy atom. The number of nitrogens with one attached hydrogen (secondary N) is 1. The standard InChI is InChI=1S/C18H23NO3/c1-5-7-13-15(8-6-2)22-18(21)17-14(19-12(4)20)10-9-11(3)16(13)17/h9-10H,5-8H2,1-4H3,(H,19,20). The van der Waals surface area contributed by atoms with E-state index in [-0.39, 0.29) is 11.5 Å². The Morgan fingerprint density at radius 2 is 1.82 bits per heavy atom. The molecule has 118 valence electrons. The number of fused-ring (bicyclic) bond motifs is 1. The summed E-state index contributed by atoms with van der Waals surface area (Å²) in [6.45, 7) is 7.61. The minimum atomic E-state index is -0.370. The first-order valence-corrected chi connectivity index (χ1v) is 7.85. The highest BCUT2D eigenvalue weighted by molar-refractivity contribution is 6.03. The van der Waals surface area contributed by atoms with Crippen molar-refractivity contribution in [1.82, 2.24) is 0 Å². The molecule has 4 nitrogen and oxygen atoms in total. The molecular formula is C18H23NO3. The van der Waals surface area contributed by atoms with Crippen LogP contribution in [0.1, 0.15) is 50.5 Å². The van der Waals surface area contributed by atoms with E-state index >= 15 is 0 Å². The Morgan fingerprint density at radius 3 is 2.41 bits per heavy atom. The van der Waals surface area contributed by atoms with Gasteiger partial charge in [0.1, 0.15) is 5.76 Å².